The van der Waals surface area contributed by atoms with Gasteiger partial charge in [0.2, 0.25) is 0 Å². The molecule has 0 aliphatic heterocycles. The van der Waals surface area contributed by atoms with Crippen LogP contribution in [0.4, 0.5) is 0 Å². The zero-order valence-electron chi connectivity index (χ0n) is 3.56. The number of rotatable bonds is 1. The summed E-state index contributed by atoms with van der Waals surface area (Å²) < 4.78 is 2.59. The van der Waals surface area contributed by atoms with Gasteiger partial charge in [0.1, 0.15) is 0 Å². The molecule has 34 valence electrons. The number of hydrogen-bond donors (Lipinski definition) is 1. The molecule has 0 saturated carbocycles. The van der Waals surface area contributed by atoms with Gasteiger partial charge < -0.3 is 0 Å². The molecule has 1 N–H and O–H groups in total. The van der Waals surface area contributed by atoms with E-state index >= 15 is 0 Å². The van der Waals surface area contributed by atoms with Crippen LogP contribution in [0, 0.1) is 0 Å². The third-order valence-electron chi connectivity index (χ3n) is 0.446. The summed E-state index contributed by atoms with van der Waals surface area (Å²) in [5.41, 5.74) is 0. The Balaban J connectivity index is 2.99. The minimum atomic E-state index is 0.142. The summed E-state index contributed by atoms with van der Waals surface area (Å²) in [5.74, 6) is 0.142. The van der Waals surface area contributed by atoms with Crippen molar-refractivity contribution in [3.8, 4) is 0 Å². The fourth-order valence-corrected chi connectivity index (χ4v) is 0.647. The van der Waals surface area contributed by atoms with E-state index in [0.29, 0.717) is 6.42 Å². The van der Waals surface area contributed by atoms with Crippen LogP contribution < -0.4 is 3.72 Å². The zero-order valence-corrected chi connectivity index (χ0v) is 6.78. The summed E-state index contributed by atoms with van der Waals surface area (Å²) in [7, 11) is 0. The van der Waals surface area contributed by atoms with Crippen molar-refractivity contribution in [2.45, 2.75) is 13.3 Å². The van der Waals surface area contributed by atoms with Crippen molar-refractivity contribution in [3.05, 3.63) is 0 Å². The molecule has 0 bridgehead atoms. The maximum absolute atomic E-state index is 10.1. The molecule has 0 aliphatic carbocycles. The minimum absolute atomic E-state index is 0.142. The van der Waals surface area contributed by atoms with Crippen LogP contribution in [0.25, 0.3) is 0 Å². The Kier molecular flexibility index (Phi) is 3.52. The van der Waals surface area contributed by atoms with Gasteiger partial charge in [-0.1, -0.05) is 0 Å². The van der Waals surface area contributed by atoms with E-state index in [1.54, 1.807) is 0 Å². The first-order valence-corrected chi connectivity index (χ1v) is 3.35. The number of carbonyl (C=O) groups excluding carboxylic acids is 1. The van der Waals surface area contributed by atoms with Crippen molar-refractivity contribution < 1.29 is 26.1 Å². The van der Waals surface area contributed by atoms with Crippen molar-refractivity contribution in [2.75, 3.05) is 0 Å². The van der Waals surface area contributed by atoms with E-state index in [9.17, 15) is 4.79 Å². The SMILES string of the molecule is CCC(=O)[NH][Ta]. The van der Waals surface area contributed by atoms with Gasteiger partial charge in [-0.05, 0) is 0 Å². The van der Waals surface area contributed by atoms with Gasteiger partial charge in [-0.3, -0.25) is 0 Å². The molecule has 0 aromatic carbocycles. The summed E-state index contributed by atoms with van der Waals surface area (Å²) in [6, 6.07) is 0. The molecule has 6 heavy (non-hydrogen) atoms. The van der Waals surface area contributed by atoms with Crippen molar-refractivity contribution in [3.63, 3.8) is 0 Å². The molecule has 1 amide bonds. The van der Waals surface area contributed by atoms with Crippen molar-refractivity contribution in [1.82, 2.24) is 3.72 Å². The van der Waals surface area contributed by atoms with Gasteiger partial charge in [-0.2, -0.15) is 0 Å². The van der Waals surface area contributed by atoms with Gasteiger partial charge in [-0.25, -0.2) is 0 Å². The summed E-state index contributed by atoms with van der Waals surface area (Å²) in [6.07, 6.45) is 0.608. The number of amides is 1. The third kappa shape index (κ3) is 2.45. The van der Waals surface area contributed by atoms with Crippen LogP contribution in [-0.2, 0) is 26.1 Å². The molecule has 0 aromatic heterocycles. The first kappa shape index (κ1) is 6.21. The summed E-state index contributed by atoms with van der Waals surface area (Å²) in [4.78, 5) is 10.1. The molecule has 0 heterocycles. The molecule has 3 heteroatoms. The van der Waals surface area contributed by atoms with Crippen LogP contribution in [0.2, 0.25) is 0 Å². The van der Waals surface area contributed by atoms with E-state index in [0.717, 1.165) is 21.3 Å². The van der Waals surface area contributed by atoms with Crippen LogP contribution in [0.5, 0.6) is 0 Å². The van der Waals surface area contributed by atoms with Gasteiger partial charge in [0.05, 0.1) is 0 Å². The molecule has 0 saturated heterocycles. The van der Waals surface area contributed by atoms with Gasteiger partial charge >= 0.3 is 49.1 Å². The molecular weight excluding hydrogens is 247 g/mol. The van der Waals surface area contributed by atoms with Crippen molar-refractivity contribution in [2.24, 2.45) is 0 Å². The number of carbonyl (C=O) groups is 1. The van der Waals surface area contributed by atoms with Gasteiger partial charge in [0, 0.05) is 0 Å². The van der Waals surface area contributed by atoms with Crippen molar-refractivity contribution in [1.29, 1.82) is 0 Å². The van der Waals surface area contributed by atoms with E-state index in [-0.39, 0.29) is 5.91 Å². The Hall–Kier alpha value is 0.210. The van der Waals surface area contributed by atoms with E-state index < -0.39 is 0 Å². The molecule has 0 atom stereocenters. The molecule has 0 aliphatic rings. The predicted molar refractivity (Wildman–Crippen MR) is 18.4 cm³/mol. The normalized spacial score (nSPS) is 7.50. The summed E-state index contributed by atoms with van der Waals surface area (Å²) in [6.45, 7) is 1.84. The van der Waals surface area contributed by atoms with Gasteiger partial charge in [0.25, 0.3) is 0 Å². The molecular formula is C3H6NOTa. The Morgan fingerprint density at radius 3 is 2.50 bits per heavy atom. The van der Waals surface area contributed by atoms with E-state index in [2.05, 4.69) is 3.72 Å². The Morgan fingerprint density at radius 1 is 2.00 bits per heavy atom. The fraction of sp³-hybridized carbons (Fsp3) is 0.667. The van der Waals surface area contributed by atoms with Crippen LogP contribution in [0.1, 0.15) is 13.3 Å². The summed E-state index contributed by atoms with van der Waals surface area (Å²) >= 11 is 0.953. The first-order valence-electron chi connectivity index (χ1n) is 1.74. The maximum atomic E-state index is 10.1. The standard InChI is InChI=1S/C3H7NO.Ta/c1-2-3(4)5;/h2H2,1H3,(H2,4,5);/q;+1/p-1. The monoisotopic (exact) mass is 253 g/mol. The third-order valence-corrected chi connectivity index (χ3v) is 1.34. The second-order valence-corrected chi connectivity index (χ2v) is 1.69. The molecule has 0 rings (SSSR count). The average Bonchev–Trinajstić information content (AvgIpc) is 1.65. The Bertz CT molecular complexity index is 48.8. The first-order chi connectivity index (χ1) is 2.81. The molecule has 0 unspecified atom stereocenters. The van der Waals surface area contributed by atoms with Gasteiger partial charge in [-0.15, -0.1) is 0 Å². The predicted octanol–water partition coefficient (Wildman–Crippen LogP) is -0.0256. The molecule has 0 fully saturated rings. The average molecular weight is 253 g/mol. The molecule has 0 spiro atoms. The van der Waals surface area contributed by atoms with Gasteiger partial charge in [0.15, 0.2) is 0 Å². The topological polar surface area (TPSA) is 29.1 Å². The quantitative estimate of drug-likeness (QED) is 0.698. The molecule has 0 radical (unpaired) electrons. The molecule has 0 aromatic rings. The summed E-state index contributed by atoms with van der Waals surface area (Å²) in [5, 5.41) is 0. The van der Waals surface area contributed by atoms with Crippen LogP contribution in [0.15, 0.2) is 0 Å². The van der Waals surface area contributed by atoms with Crippen LogP contribution >= 0.6 is 0 Å². The second-order valence-electron chi connectivity index (χ2n) is 0.889. The number of nitrogens with one attached hydrogen (secondary N) is 1. The van der Waals surface area contributed by atoms with E-state index in [1.807, 2.05) is 6.92 Å². The van der Waals surface area contributed by atoms with Crippen LogP contribution in [-0.4, -0.2) is 5.91 Å². The zero-order chi connectivity index (χ0) is 4.99. The molecule has 2 nitrogen and oxygen atoms in total. The number of hydrogen-bond acceptors (Lipinski definition) is 1. The second kappa shape index (κ2) is 3.40. The van der Waals surface area contributed by atoms with E-state index in [4.69, 9.17) is 0 Å². The van der Waals surface area contributed by atoms with Crippen molar-refractivity contribution >= 4 is 5.91 Å². The fourth-order valence-electron chi connectivity index (χ4n) is 0.0791. The van der Waals surface area contributed by atoms with Crippen LogP contribution in [0.3, 0.4) is 0 Å². The Labute approximate surface area is 49.5 Å². The Morgan fingerprint density at radius 2 is 2.50 bits per heavy atom. The van der Waals surface area contributed by atoms with E-state index in [1.165, 1.54) is 0 Å².